The van der Waals surface area contributed by atoms with Gasteiger partial charge in [-0.3, -0.25) is 0 Å². The molecular weight excluding hydrogens is 364 g/mol. The first-order valence-corrected chi connectivity index (χ1v) is 9.99. The van der Waals surface area contributed by atoms with Crippen molar-refractivity contribution in [1.29, 1.82) is 0 Å². The number of aliphatic imine (C=N–C) groups is 1. The van der Waals surface area contributed by atoms with Crippen LogP contribution in [0.5, 0.6) is 5.75 Å². The van der Waals surface area contributed by atoms with Gasteiger partial charge in [-0.2, -0.15) is 0 Å². The van der Waals surface area contributed by atoms with Crippen molar-refractivity contribution in [3.63, 3.8) is 0 Å². The number of oxazole rings is 1. The Labute approximate surface area is 171 Å². The molecular formula is C23H26N4O2. The number of fused-ring (bicyclic) bond motifs is 1. The van der Waals surface area contributed by atoms with Gasteiger partial charge in [-0.15, -0.1) is 0 Å². The fourth-order valence-electron chi connectivity index (χ4n) is 3.30. The van der Waals surface area contributed by atoms with Crippen molar-refractivity contribution in [2.45, 2.75) is 32.9 Å². The molecule has 150 valence electrons. The van der Waals surface area contributed by atoms with Crippen LogP contribution >= 0.6 is 0 Å². The Morgan fingerprint density at radius 1 is 1.14 bits per heavy atom. The van der Waals surface area contributed by atoms with Gasteiger partial charge in [0, 0.05) is 18.5 Å². The van der Waals surface area contributed by atoms with E-state index in [9.17, 15) is 0 Å². The molecule has 1 unspecified atom stereocenters. The Kier molecular flexibility index (Phi) is 5.79. The summed E-state index contributed by atoms with van der Waals surface area (Å²) in [6, 6.07) is 16.4. The van der Waals surface area contributed by atoms with Crippen LogP contribution in [-0.4, -0.2) is 30.1 Å². The molecule has 0 fully saturated rings. The lowest BCUT2D eigenvalue weighted by atomic mass is 10.1. The van der Waals surface area contributed by atoms with Crippen molar-refractivity contribution in [3.05, 3.63) is 71.7 Å². The number of ether oxygens (including phenoxy) is 1. The van der Waals surface area contributed by atoms with E-state index in [1.807, 2.05) is 37.3 Å². The summed E-state index contributed by atoms with van der Waals surface area (Å²) < 4.78 is 11.8. The highest BCUT2D eigenvalue weighted by atomic mass is 16.5. The van der Waals surface area contributed by atoms with E-state index in [0.717, 1.165) is 36.0 Å². The van der Waals surface area contributed by atoms with Crippen LogP contribution in [0.3, 0.4) is 0 Å². The standard InChI is InChI=1S/C23H26N4O2/c1-3-24-23(26-13-19-12-18-6-4-5-7-20(18)28-19)27-15-22-25-14-21(29-22)17-10-8-16(2)9-11-17/h4-11,14,19H,3,12-13,15H2,1-2H3,(H2,24,26,27). The summed E-state index contributed by atoms with van der Waals surface area (Å²) in [6.45, 7) is 5.93. The predicted octanol–water partition coefficient (Wildman–Crippen LogP) is 3.71. The summed E-state index contributed by atoms with van der Waals surface area (Å²) in [4.78, 5) is 8.96. The maximum Gasteiger partial charge on any atom is 0.216 e. The average molecular weight is 390 g/mol. The number of hydrogen-bond donors (Lipinski definition) is 2. The summed E-state index contributed by atoms with van der Waals surface area (Å²) in [5.41, 5.74) is 3.49. The normalized spacial score (nSPS) is 15.7. The average Bonchev–Trinajstić information content (AvgIpc) is 3.37. The van der Waals surface area contributed by atoms with Crippen LogP contribution in [0.1, 0.15) is 23.9 Å². The van der Waals surface area contributed by atoms with Crippen molar-refractivity contribution < 1.29 is 9.15 Å². The topological polar surface area (TPSA) is 71.7 Å². The zero-order valence-electron chi connectivity index (χ0n) is 16.8. The number of aryl methyl sites for hydroxylation is 1. The van der Waals surface area contributed by atoms with Gasteiger partial charge in [0.25, 0.3) is 0 Å². The van der Waals surface area contributed by atoms with E-state index in [1.54, 1.807) is 6.20 Å². The smallest absolute Gasteiger partial charge is 0.216 e. The zero-order valence-corrected chi connectivity index (χ0v) is 16.8. The molecule has 1 aliphatic heterocycles. The minimum Gasteiger partial charge on any atom is -0.488 e. The second-order valence-corrected chi connectivity index (χ2v) is 7.11. The Balaban J connectivity index is 1.35. The second kappa shape index (κ2) is 8.82. The predicted molar refractivity (Wildman–Crippen MR) is 114 cm³/mol. The number of aromatic nitrogens is 1. The lowest BCUT2D eigenvalue weighted by Crippen LogP contribution is -2.42. The molecule has 0 bridgehead atoms. The van der Waals surface area contributed by atoms with E-state index >= 15 is 0 Å². The first-order valence-electron chi connectivity index (χ1n) is 9.99. The summed E-state index contributed by atoms with van der Waals surface area (Å²) in [6.07, 6.45) is 2.76. The molecule has 6 nitrogen and oxygen atoms in total. The number of para-hydroxylation sites is 1. The van der Waals surface area contributed by atoms with Gasteiger partial charge < -0.3 is 19.8 Å². The summed E-state index contributed by atoms with van der Waals surface area (Å²) in [5.74, 6) is 3.04. The summed E-state index contributed by atoms with van der Waals surface area (Å²) in [5, 5.41) is 6.61. The van der Waals surface area contributed by atoms with Gasteiger partial charge in [0.1, 0.15) is 18.4 Å². The number of benzene rings is 2. The Morgan fingerprint density at radius 3 is 2.76 bits per heavy atom. The molecule has 2 heterocycles. The van der Waals surface area contributed by atoms with Crippen LogP contribution in [0.4, 0.5) is 0 Å². The van der Waals surface area contributed by atoms with E-state index < -0.39 is 0 Å². The first kappa shape index (κ1) is 19.1. The van der Waals surface area contributed by atoms with Gasteiger partial charge in [-0.05, 0) is 25.5 Å². The van der Waals surface area contributed by atoms with Crippen molar-refractivity contribution in [2.75, 3.05) is 13.1 Å². The van der Waals surface area contributed by atoms with Crippen molar-refractivity contribution in [3.8, 4) is 17.1 Å². The molecule has 6 heteroatoms. The highest BCUT2D eigenvalue weighted by molar-refractivity contribution is 5.79. The third kappa shape index (κ3) is 4.77. The molecule has 3 aromatic rings. The van der Waals surface area contributed by atoms with Gasteiger partial charge in [-0.1, -0.05) is 48.0 Å². The van der Waals surface area contributed by atoms with Gasteiger partial charge in [0.15, 0.2) is 11.7 Å². The molecule has 0 radical (unpaired) electrons. The van der Waals surface area contributed by atoms with Crippen LogP contribution in [-0.2, 0) is 13.0 Å². The molecule has 0 spiro atoms. The highest BCUT2D eigenvalue weighted by Gasteiger charge is 2.22. The second-order valence-electron chi connectivity index (χ2n) is 7.11. The Morgan fingerprint density at radius 2 is 1.97 bits per heavy atom. The number of guanidine groups is 1. The molecule has 1 aliphatic rings. The zero-order chi connectivity index (χ0) is 20.1. The molecule has 1 atom stereocenters. The third-order valence-corrected chi connectivity index (χ3v) is 4.82. The largest absolute Gasteiger partial charge is 0.488 e. The first-order chi connectivity index (χ1) is 14.2. The quantitative estimate of drug-likeness (QED) is 0.496. The number of rotatable bonds is 6. The summed E-state index contributed by atoms with van der Waals surface area (Å²) >= 11 is 0. The number of hydrogen-bond acceptors (Lipinski definition) is 4. The van der Waals surface area contributed by atoms with E-state index in [-0.39, 0.29) is 6.10 Å². The monoisotopic (exact) mass is 390 g/mol. The molecule has 0 saturated carbocycles. The van der Waals surface area contributed by atoms with Gasteiger partial charge in [0.2, 0.25) is 5.89 Å². The molecule has 1 aromatic heterocycles. The van der Waals surface area contributed by atoms with Crippen molar-refractivity contribution >= 4 is 5.96 Å². The number of nitrogens with one attached hydrogen (secondary N) is 2. The minimum absolute atomic E-state index is 0.103. The van der Waals surface area contributed by atoms with Crippen molar-refractivity contribution in [1.82, 2.24) is 15.6 Å². The molecule has 0 amide bonds. The lowest BCUT2D eigenvalue weighted by molar-refractivity contribution is 0.235. The van der Waals surface area contributed by atoms with Crippen molar-refractivity contribution in [2.24, 2.45) is 4.99 Å². The third-order valence-electron chi connectivity index (χ3n) is 4.82. The van der Waals surface area contributed by atoms with Crippen LogP contribution in [0, 0.1) is 6.92 Å². The SMILES string of the molecule is CCNC(=NCc1ncc(-c2ccc(C)cc2)o1)NCC1Cc2ccccc2O1. The Hall–Kier alpha value is -3.28. The Bertz CT molecular complexity index is 954. The molecule has 0 aliphatic carbocycles. The van der Waals surface area contributed by atoms with Gasteiger partial charge >= 0.3 is 0 Å². The fourth-order valence-corrected chi connectivity index (χ4v) is 3.30. The maximum atomic E-state index is 5.98. The molecule has 2 N–H and O–H groups in total. The van der Waals surface area contributed by atoms with Gasteiger partial charge in [0.05, 0.1) is 12.7 Å². The van der Waals surface area contributed by atoms with Crippen LogP contribution in [0.2, 0.25) is 0 Å². The number of nitrogens with zero attached hydrogens (tertiary/aromatic N) is 2. The fraction of sp³-hybridized carbons (Fsp3) is 0.304. The van der Waals surface area contributed by atoms with E-state index in [4.69, 9.17) is 9.15 Å². The molecule has 29 heavy (non-hydrogen) atoms. The van der Waals surface area contributed by atoms with Crippen LogP contribution in [0.15, 0.2) is 64.1 Å². The molecule has 2 aromatic carbocycles. The highest BCUT2D eigenvalue weighted by Crippen LogP contribution is 2.27. The van der Waals surface area contributed by atoms with E-state index in [1.165, 1.54) is 11.1 Å². The van der Waals surface area contributed by atoms with Crippen LogP contribution in [0.25, 0.3) is 11.3 Å². The van der Waals surface area contributed by atoms with E-state index in [0.29, 0.717) is 19.0 Å². The lowest BCUT2D eigenvalue weighted by Gasteiger charge is -2.15. The maximum absolute atomic E-state index is 5.98. The molecule has 0 saturated heterocycles. The molecule has 4 rings (SSSR count). The minimum atomic E-state index is 0.103. The van der Waals surface area contributed by atoms with Gasteiger partial charge in [-0.25, -0.2) is 9.98 Å². The van der Waals surface area contributed by atoms with E-state index in [2.05, 4.69) is 45.7 Å². The summed E-state index contributed by atoms with van der Waals surface area (Å²) in [7, 11) is 0. The van der Waals surface area contributed by atoms with Crippen LogP contribution < -0.4 is 15.4 Å².